The number of aromatic nitrogens is 1. The molecule has 30 heavy (non-hydrogen) atoms. The molecule has 0 saturated heterocycles. The molecule has 0 radical (unpaired) electrons. The van der Waals surface area contributed by atoms with Gasteiger partial charge in [0.1, 0.15) is 5.75 Å². The molecule has 1 atom stereocenters. The van der Waals surface area contributed by atoms with Crippen LogP contribution in [-0.2, 0) is 6.42 Å². The van der Waals surface area contributed by atoms with Crippen LogP contribution >= 0.6 is 11.6 Å². The van der Waals surface area contributed by atoms with Crippen molar-refractivity contribution in [3.8, 4) is 17.0 Å². The first-order valence-corrected chi connectivity index (χ1v) is 12.5. The first-order valence-electron chi connectivity index (χ1n) is 12.1. The van der Waals surface area contributed by atoms with Crippen LogP contribution in [0.15, 0.2) is 42.6 Å². The average Bonchev–Trinajstić information content (AvgIpc) is 2.78. The minimum atomic E-state index is 0.176. The number of halogens is 1. The third kappa shape index (κ3) is 9.51. The number of hydrogen-bond acceptors (Lipinski definition) is 2. The minimum Gasteiger partial charge on any atom is -0.493 e. The van der Waals surface area contributed by atoms with Crippen LogP contribution in [0.1, 0.15) is 90.0 Å². The molecule has 1 aromatic heterocycles. The molecule has 2 aromatic rings. The molecule has 2 rings (SSSR count). The van der Waals surface area contributed by atoms with Gasteiger partial charge in [-0.15, -0.1) is 11.6 Å². The molecule has 2 nitrogen and oxygen atoms in total. The summed E-state index contributed by atoms with van der Waals surface area (Å²) < 4.78 is 6.04. The smallest absolute Gasteiger partial charge is 0.128 e. The highest BCUT2D eigenvalue weighted by Gasteiger charge is 2.09. The monoisotopic (exact) mass is 429 g/mol. The van der Waals surface area contributed by atoms with Crippen molar-refractivity contribution in [3.63, 3.8) is 0 Å². The van der Waals surface area contributed by atoms with E-state index in [-0.39, 0.29) is 5.38 Å². The maximum absolute atomic E-state index is 6.23. The van der Waals surface area contributed by atoms with Crippen LogP contribution in [0.5, 0.6) is 5.75 Å². The Morgan fingerprint density at radius 2 is 1.60 bits per heavy atom. The topological polar surface area (TPSA) is 22.1 Å². The Hall–Kier alpha value is -1.54. The number of ether oxygens (including phenoxy) is 1. The molecule has 0 aliphatic rings. The lowest BCUT2D eigenvalue weighted by molar-refractivity contribution is 0.309. The van der Waals surface area contributed by atoms with E-state index in [1.165, 1.54) is 63.4 Å². The second kappa shape index (κ2) is 15.3. The third-order valence-corrected chi connectivity index (χ3v) is 6.21. The van der Waals surface area contributed by atoms with Gasteiger partial charge < -0.3 is 4.74 Å². The Morgan fingerprint density at radius 1 is 0.900 bits per heavy atom. The first kappa shape index (κ1) is 24.7. The molecule has 0 saturated carbocycles. The maximum atomic E-state index is 6.23. The molecule has 1 heterocycles. The molecule has 3 heteroatoms. The summed E-state index contributed by atoms with van der Waals surface area (Å²) in [7, 11) is 0. The largest absolute Gasteiger partial charge is 0.493 e. The highest BCUT2D eigenvalue weighted by molar-refractivity contribution is 6.20. The van der Waals surface area contributed by atoms with Gasteiger partial charge in [0, 0.05) is 17.1 Å². The molecule has 166 valence electrons. The second-order valence-electron chi connectivity index (χ2n) is 8.27. The predicted molar refractivity (Wildman–Crippen MR) is 131 cm³/mol. The van der Waals surface area contributed by atoms with E-state index in [2.05, 4.69) is 37.0 Å². The lowest BCUT2D eigenvalue weighted by atomic mass is 10.0. The van der Waals surface area contributed by atoms with Gasteiger partial charge in [-0.25, -0.2) is 0 Å². The Kier molecular flexibility index (Phi) is 12.6. The second-order valence-corrected chi connectivity index (χ2v) is 8.88. The van der Waals surface area contributed by atoms with Crippen molar-refractivity contribution in [1.29, 1.82) is 0 Å². The lowest BCUT2D eigenvalue weighted by Gasteiger charge is -2.13. The van der Waals surface area contributed by atoms with E-state index < -0.39 is 0 Å². The van der Waals surface area contributed by atoms with Gasteiger partial charge in [-0.1, -0.05) is 77.3 Å². The van der Waals surface area contributed by atoms with Gasteiger partial charge in [0.05, 0.1) is 12.3 Å². The van der Waals surface area contributed by atoms with Crippen LogP contribution in [0.2, 0.25) is 0 Å². The first-order chi connectivity index (χ1) is 14.7. The Morgan fingerprint density at radius 3 is 2.33 bits per heavy atom. The Bertz CT molecular complexity index is 703. The fourth-order valence-electron chi connectivity index (χ4n) is 3.72. The number of unbranched alkanes of at least 4 members (excludes halogenated alkanes) is 8. The number of alkyl halides is 1. The number of pyridine rings is 1. The lowest BCUT2D eigenvalue weighted by Crippen LogP contribution is -2.06. The van der Waals surface area contributed by atoms with Gasteiger partial charge in [0.2, 0.25) is 0 Å². The fraction of sp³-hybridized carbons (Fsp3) is 0.593. The van der Waals surface area contributed by atoms with Crippen LogP contribution < -0.4 is 4.74 Å². The summed E-state index contributed by atoms with van der Waals surface area (Å²) in [5, 5.41) is 0.176. The van der Waals surface area contributed by atoms with E-state index in [1.807, 2.05) is 24.4 Å². The summed E-state index contributed by atoms with van der Waals surface area (Å²) in [5.74, 6) is 0.894. The van der Waals surface area contributed by atoms with Crippen molar-refractivity contribution in [1.82, 2.24) is 4.98 Å². The van der Waals surface area contributed by atoms with Gasteiger partial charge in [-0.3, -0.25) is 4.98 Å². The molecule has 1 unspecified atom stereocenters. The summed E-state index contributed by atoms with van der Waals surface area (Å²) in [6.45, 7) is 5.02. The number of rotatable bonds is 16. The van der Waals surface area contributed by atoms with Crippen LogP contribution in [0.25, 0.3) is 11.3 Å². The molecule has 1 aromatic carbocycles. The molecule has 0 amide bonds. The fourth-order valence-corrected chi connectivity index (χ4v) is 3.81. The number of nitrogens with zero attached hydrogens (tertiary/aromatic N) is 1. The average molecular weight is 430 g/mol. The predicted octanol–water partition coefficient (Wildman–Crippen LogP) is 8.61. The molecule has 0 bridgehead atoms. The molecular weight excluding hydrogens is 390 g/mol. The molecule has 0 aliphatic carbocycles. The zero-order chi connectivity index (χ0) is 21.4. The minimum absolute atomic E-state index is 0.176. The van der Waals surface area contributed by atoms with Gasteiger partial charge in [-0.05, 0) is 55.5 Å². The van der Waals surface area contributed by atoms with Crippen molar-refractivity contribution < 1.29 is 4.74 Å². The molecule has 0 N–H and O–H groups in total. The van der Waals surface area contributed by atoms with Crippen LogP contribution in [0, 0.1) is 0 Å². The molecule has 0 spiro atoms. The van der Waals surface area contributed by atoms with E-state index in [4.69, 9.17) is 16.3 Å². The highest BCUT2D eigenvalue weighted by Crippen LogP contribution is 2.29. The summed E-state index contributed by atoms with van der Waals surface area (Å²) in [6.07, 6.45) is 17.2. The maximum Gasteiger partial charge on any atom is 0.128 e. The van der Waals surface area contributed by atoms with E-state index in [1.54, 1.807) is 0 Å². The summed E-state index contributed by atoms with van der Waals surface area (Å²) in [4.78, 5) is 4.62. The van der Waals surface area contributed by atoms with Gasteiger partial charge in [0.15, 0.2) is 0 Å². The number of benzene rings is 1. The van der Waals surface area contributed by atoms with Crippen molar-refractivity contribution >= 4 is 11.6 Å². The van der Waals surface area contributed by atoms with Crippen molar-refractivity contribution in [3.05, 3.63) is 48.2 Å². The number of aryl methyl sites for hydroxylation is 1. The van der Waals surface area contributed by atoms with Crippen LogP contribution in [0.3, 0.4) is 0 Å². The standard InChI is InChI=1S/C27H40ClNO/c1-3-5-6-7-8-9-10-11-12-15-23-18-20-29-26(22-23)25-16-13-14-17-27(25)30-21-19-24(28)4-2/h13-14,16-18,20,22,24H,3-12,15,19,21H2,1-2H3. The van der Waals surface area contributed by atoms with Gasteiger partial charge >= 0.3 is 0 Å². The van der Waals surface area contributed by atoms with E-state index in [9.17, 15) is 0 Å². The quantitative estimate of drug-likeness (QED) is 0.197. The van der Waals surface area contributed by atoms with E-state index >= 15 is 0 Å². The van der Waals surface area contributed by atoms with Gasteiger partial charge in [0.25, 0.3) is 0 Å². The number of hydrogen-bond donors (Lipinski definition) is 0. The van der Waals surface area contributed by atoms with E-state index in [0.29, 0.717) is 6.61 Å². The van der Waals surface area contributed by atoms with Gasteiger partial charge in [-0.2, -0.15) is 0 Å². The summed E-state index contributed by atoms with van der Waals surface area (Å²) in [6, 6.07) is 12.6. The SMILES string of the molecule is CCCCCCCCCCCc1ccnc(-c2ccccc2OCCC(Cl)CC)c1. The van der Waals surface area contributed by atoms with Crippen molar-refractivity contribution in [2.45, 2.75) is 96.3 Å². The number of para-hydroxylation sites is 1. The molecule has 0 aliphatic heterocycles. The highest BCUT2D eigenvalue weighted by atomic mass is 35.5. The summed E-state index contributed by atoms with van der Waals surface area (Å²) in [5.41, 5.74) is 3.43. The normalized spacial score (nSPS) is 12.1. The van der Waals surface area contributed by atoms with Crippen LogP contribution in [0.4, 0.5) is 0 Å². The summed E-state index contributed by atoms with van der Waals surface area (Å²) >= 11 is 6.23. The van der Waals surface area contributed by atoms with Crippen molar-refractivity contribution in [2.24, 2.45) is 0 Å². The molecule has 0 fully saturated rings. The Labute approximate surface area is 189 Å². The third-order valence-electron chi connectivity index (χ3n) is 5.69. The molecular formula is C27H40ClNO. The van der Waals surface area contributed by atoms with Crippen LogP contribution in [-0.4, -0.2) is 17.0 Å². The van der Waals surface area contributed by atoms with E-state index in [0.717, 1.165) is 36.3 Å². The Balaban J connectivity index is 1.81. The zero-order valence-electron chi connectivity index (χ0n) is 19.0. The van der Waals surface area contributed by atoms with Crippen molar-refractivity contribution in [2.75, 3.05) is 6.61 Å². The zero-order valence-corrected chi connectivity index (χ0v) is 19.8.